The SMILES string of the molecule is CCC(O)(/C=C/C=C/[C@@H](C)C1CCC2/C(=C/C=C3C[C@@H](O)C(C)(O)[C@H](O)C3)CCCC21C)CC.CCC(O)(/C=C/C=C/[C@@H](C)C1CCC2/C(=C/C=C3C[C@@H](O)C(C)(O)[C@H](O)C3)CCCC21C)CC. The summed E-state index contributed by atoms with van der Waals surface area (Å²) < 4.78 is 0. The van der Waals surface area contributed by atoms with E-state index in [0.29, 0.717) is 72.0 Å². The standard InChI is InChI=1S/2C30H48O4/c2*1-6-30(34,7-2)18-9-8-11-21(3)24-15-16-25-23(12-10-17-28(24,25)4)14-13-22-19-26(31)29(5,33)27(32)20-22/h2*8-9,11,13-14,18,21,24-27,31-34H,6-7,10,12,15-17,19-20H2,1-5H3/b2*11-8+,18-9+,22-13?,23-14+/t2*21-,24?,25?,26-,27-,28?,29?/m11/s1. The van der Waals surface area contributed by atoms with Crippen molar-refractivity contribution < 1.29 is 40.9 Å². The highest BCUT2D eigenvalue weighted by Gasteiger charge is 2.52. The minimum Gasteiger partial charge on any atom is -0.390 e. The van der Waals surface area contributed by atoms with E-state index in [1.54, 1.807) is 0 Å². The molecule has 0 radical (unpaired) electrons. The molecule has 0 spiro atoms. The maximum atomic E-state index is 10.5. The Hall–Kier alpha value is -2.40. The second-order valence-electron chi connectivity index (χ2n) is 23.5. The first-order chi connectivity index (χ1) is 31.9. The summed E-state index contributed by atoms with van der Waals surface area (Å²) in [4.78, 5) is 0. The van der Waals surface area contributed by atoms with Crippen LogP contribution in [0.4, 0.5) is 0 Å². The van der Waals surface area contributed by atoms with Crippen molar-refractivity contribution in [1.29, 1.82) is 0 Å². The van der Waals surface area contributed by atoms with Crippen molar-refractivity contribution in [2.45, 2.75) is 232 Å². The van der Waals surface area contributed by atoms with E-state index < -0.39 is 46.8 Å². The Morgan fingerprint density at radius 1 is 0.515 bits per heavy atom. The lowest BCUT2D eigenvalue weighted by Gasteiger charge is -2.44. The molecule has 0 aromatic heterocycles. The van der Waals surface area contributed by atoms with Crippen molar-refractivity contribution in [2.75, 3.05) is 0 Å². The van der Waals surface area contributed by atoms with Crippen molar-refractivity contribution in [1.82, 2.24) is 0 Å². The molecule has 68 heavy (non-hydrogen) atoms. The molecule has 6 unspecified atom stereocenters. The zero-order valence-corrected chi connectivity index (χ0v) is 44.0. The predicted molar refractivity (Wildman–Crippen MR) is 278 cm³/mol. The Kier molecular flexibility index (Phi) is 19.5. The molecule has 6 rings (SSSR count). The average molecular weight is 945 g/mol. The molecule has 0 heterocycles. The van der Waals surface area contributed by atoms with Crippen molar-refractivity contribution in [2.24, 2.45) is 46.3 Å². The predicted octanol–water partition coefficient (Wildman–Crippen LogP) is 11.2. The molecule has 0 saturated heterocycles. The van der Waals surface area contributed by atoms with Crippen LogP contribution >= 0.6 is 0 Å². The average Bonchev–Trinajstić information content (AvgIpc) is 3.86. The van der Waals surface area contributed by atoms with Gasteiger partial charge in [0.15, 0.2) is 0 Å². The molecule has 0 bridgehead atoms. The lowest BCUT2D eigenvalue weighted by atomic mass is 9.61. The van der Waals surface area contributed by atoms with E-state index in [-0.39, 0.29) is 0 Å². The summed E-state index contributed by atoms with van der Waals surface area (Å²) in [6, 6.07) is 0. The Morgan fingerprint density at radius 2 is 0.838 bits per heavy atom. The molecule has 6 saturated carbocycles. The number of aliphatic hydroxyl groups is 8. The first kappa shape index (κ1) is 56.5. The van der Waals surface area contributed by atoms with Crippen molar-refractivity contribution in [3.63, 3.8) is 0 Å². The minimum absolute atomic E-state index is 0.291. The summed E-state index contributed by atoms with van der Waals surface area (Å²) >= 11 is 0. The number of allylic oxidation sites excluding steroid dienone is 12. The molecule has 8 nitrogen and oxygen atoms in total. The van der Waals surface area contributed by atoms with Crippen molar-refractivity contribution in [3.05, 3.63) is 95.2 Å². The molecule has 8 heteroatoms. The van der Waals surface area contributed by atoms with Crippen LogP contribution in [0.1, 0.15) is 185 Å². The maximum Gasteiger partial charge on any atom is 0.114 e. The van der Waals surface area contributed by atoms with Crippen molar-refractivity contribution >= 4 is 0 Å². The van der Waals surface area contributed by atoms with Crippen LogP contribution in [0.15, 0.2) is 95.2 Å². The Labute approximate surface area is 412 Å². The largest absolute Gasteiger partial charge is 0.390 e. The van der Waals surface area contributed by atoms with Gasteiger partial charge in [0.1, 0.15) is 11.2 Å². The topological polar surface area (TPSA) is 162 Å². The van der Waals surface area contributed by atoms with Gasteiger partial charge in [-0.2, -0.15) is 0 Å². The Balaban J connectivity index is 0.000000254. The molecule has 0 aliphatic heterocycles. The fourth-order valence-electron chi connectivity index (χ4n) is 13.6. The van der Waals surface area contributed by atoms with Gasteiger partial charge in [-0.1, -0.05) is 151 Å². The molecule has 0 aromatic carbocycles. The number of fused-ring (bicyclic) bond motifs is 2. The Morgan fingerprint density at radius 3 is 1.15 bits per heavy atom. The van der Waals surface area contributed by atoms with Gasteiger partial charge in [-0.25, -0.2) is 0 Å². The first-order valence-electron chi connectivity index (χ1n) is 27.0. The number of hydrogen-bond donors (Lipinski definition) is 8. The third-order valence-corrected chi connectivity index (χ3v) is 19.2. The molecular formula is C60H96O8. The summed E-state index contributed by atoms with van der Waals surface area (Å²) in [5.41, 5.74) is 1.37. The van der Waals surface area contributed by atoms with Crippen LogP contribution in [0.2, 0.25) is 0 Å². The highest BCUT2D eigenvalue weighted by molar-refractivity contribution is 5.29. The van der Waals surface area contributed by atoms with Gasteiger partial charge in [0.2, 0.25) is 0 Å². The smallest absolute Gasteiger partial charge is 0.114 e. The van der Waals surface area contributed by atoms with Crippen LogP contribution in [0, 0.1) is 46.3 Å². The second kappa shape index (κ2) is 23.4. The van der Waals surface area contributed by atoms with Gasteiger partial charge < -0.3 is 40.9 Å². The minimum atomic E-state index is -1.43. The molecule has 6 fully saturated rings. The van der Waals surface area contributed by atoms with Gasteiger partial charge in [-0.15, -0.1) is 0 Å². The third-order valence-electron chi connectivity index (χ3n) is 19.2. The third kappa shape index (κ3) is 12.8. The summed E-state index contributed by atoms with van der Waals surface area (Å²) in [5, 5.41) is 82.5. The molecule has 6 aliphatic rings. The molecular weight excluding hydrogens is 849 g/mol. The Bertz CT molecular complexity index is 1740. The first-order valence-corrected chi connectivity index (χ1v) is 27.0. The van der Waals surface area contributed by atoms with Crippen LogP contribution in [-0.2, 0) is 0 Å². The maximum absolute atomic E-state index is 10.5. The van der Waals surface area contributed by atoms with Gasteiger partial charge in [0.05, 0.1) is 35.6 Å². The van der Waals surface area contributed by atoms with E-state index in [9.17, 15) is 40.9 Å². The zero-order valence-electron chi connectivity index (χ0n) is 44.0. The van der Waals surface area contributed by atoms with Crippen molar-refractivity contribution in [3.8, 4) is 0 Å². The van der Waals surface area contributed by atoms with E-state index in [1.807, 2.05) is 52.0 Å². The molecule has 0 aromatic rings. The fourth-order valence-corrected chi connectivity index (χ4v) is 13.6. The molecule has 8 N–H and O–H groups in total. The van der Waals surface area contributed by atoms with Gasteiger partial charge in [-0.3, -0.25) is 0 Å². The van der Waals surface area contributed by atoms with E-state index in [2.05, 4.69) is 76.3 Å². The van der Waals surface area contributed by atoms with Gasteiger partial charge in [-0.05, 0) is 176 Å². The van der Waals surface area contributed by atoms with E-state index in [4.69, 9.17) is 0 Å². The number of hydrogen-bond acceptors (Lipinski definition) is 8. The highest BCUT2D eigenvalue weighted by atomic mass is 16.4. The number of rotatable bonds is 14. The van der Waals surface area contributed by atoms with E-state index in [1.165, 1.54) is 76.4 Å². The molecule has 6 aliphatic carbocycles. The second-order valence-corrected chi connectivity index (χ2v) is 23.5. The summed E-state index contributed by atoms with van der Waals surface area (Å²) in [6.45, 7) is 20.7. The molecule has 384 valence electrons. The van der Waals surface area contributed by atoms with Crippen LogP contribution in [0.3, 0.4) is 0 Å². The summed E-state index contributed by atoms with van der Waals surface area (Å²) in [6.07, 6.45) is 38.4. The molecule has 0 amide bonds. The van der Waals surface area contributed by atoms with Crippen LogP contribution in [0.5, 0.6) is 0 Å². The van der Waals surface area contributed by atoms with Gasteiger partial charge in [0.25, 0.3) is 0 Å². The monoisotopic (exact) mass is 945 g/mol. The normalized spacial score (nSPS) is 39.2. The van der Waals surface area contributed by atoms with Crippen LogP contribution < -0.4 is 0 Å². The summed E-state index contributed by atoms with van der Waals surface area (Å²) in [5.74, 6) is 3.42. The zero-order chi connectivity index (χ0) is 50.3. The quantitative estimate of drug-likeness (QED) is 0.0799. The lowest BCUT2D eigenvalue weighted by Crippen LogP contribution is -2.52. The summed E-state index contributed by atoms with van der Waals surface area (Å²) in [7, 11) is 0. The van der Waals surface area contributed by atoms with Crippen LogP contribution in [-0.4, -0.2) is 87.7 Å². The van der Waals surface area contributed by atoms with E-state index >= 15 is 0 Å². The van der Waals surface area contributed by atoms with E-state index in [0.717, 1.165) is 49.7 Å². The van der Waals surface area contributed by atoms with Gasteiger partial charge in [0, 0.05) is 0 Å². The highest BCUT2D eigenvalue weighted by Crippen LogP contribution is 2.61. The lowest BCUT2D eigenvalue weighted by molar-refractivity contribution is -0.144. The molecule has 12 atom stereocenters. The van der Waals surface area contributed by atoms with Gasteiger partial charge >= 0.3 is 0 Å². The fraction of sp³-hybridized carbons (Fsp3) is 0.733. The van der Waals surface area contributed by atoms with Crippen LogP contribution in [0.25, 0.3) is 0 Å². The number of aliphatic hydroxyl groups excluding tert-OH is 4.